The molecule has 0 radical (unpaired) electrons. The maximum atomic E-state index is 12.4. The first-order valence-corrected chi connectivity index (χ1v) is 11.7. The minimum Gasteiger partial charge on any atom is -0.493 e. The summed E-state index contributed by atoms with van der Waals surface area (Å²) in [7, 11) is -3.52. The van der Waals surface area contributed by atoms with E-state index < -0.39 is 10.0 Å². The number of allylic oxidation sites excluding steroid dienone is 1. The fourth-order valence-corrected chi connectivity index (χ4v) is 4.34. The van der Waals surface area contributed by atoms with Crippen molar-refractivity contribution >= 4 is 21.8 Å². The summed E-state index contributed by atoms with van der Waals surface area (Å²) in [5.74, 6) is 0.424. The van der Waals surface area contributed by atoms with Gasteiger partial charge in [0.05, 0.1) is 12.4 Å². The van der Waals surface area contributed by atoms with Crippen molar-refractivity contribution in [3.8, 4) is 5.75 Å². The molecule has 2 amide bonds. The summed E-state index contributed by atoms with van der Waals surface area (Å²) in [6, 6.07) is 7.10. The lowest BCUT2D eigenvalue weighted by atomic mass is 9.95. The Hall–Kier alpha value is -2.19. The Labute approximate surface area is 172 Å². The number of benzene rings is 1. The van der Waals surface area contributed by atoms with E-state index in [0.717, 1.165) is 11.3 Å². The second-order valence-corrected chi connectivity index (χ2v) is 9.60. The van der Waals surface area contributed by atoms with Crippen LogP contribution in [0.2, 0.25) is 0 Å². The van der Waals surface area contributed by atoms with Crippen molar-refractivity contribution in [2.45, 2.75) is 45.1 Å². The highest BCUT2D eigenvalue weighted by Gasteiger charge is 2.25. The van der Waals surface area contributed by atoms with E-state index in [1.54, 1.807) is 19.1 Å². The largest absolute Gasteiger partial charge is 0.493 e. The number of ether oxygens (including phenoxy) is 1. The summed E-state index contributed by atoms with van der Waals surface area (Å²) < 4.78 is 33.2. The molecule has 7 nitrogen and oxygen atoms in total. The Morgan fingerprint density at radius 2 is 2.03 bits per heavy atom. The van der Waals surface area contributed by atoms with Crippen molar-refractivity contribution in [3.05, 3.63) is 42.0 Å². The molecule has 1 aromatic carbocycles. The second-order valence-electron chi connectivity index (χ2n) is 7.80. The fourth-order valence-electron chi connectivity index (χ4n) is 3.18. The summed E-state index contributed by atoms with van der Waals surface area (Å²) in [6.45, 7) is 2.51. The van der Waals surface area contributed by atoms with Gasteiger partial charge in [-0.25, -0.2) is 13.1 Å². The minimum absolute atomic E-state index is 0.164. The van der Waals surface area contributed by atoms with Crippen LogP contribution in [0.4, 0.5) is 0 Å². The van der Waals surface area contributed by atoms with Crippen molar-refractivity contribution < 1.29 is 22.7 Å². The maximum Gasteiger partial charge on any atom is 0.229 e. The molecule has 1 saturated carbocycles. The van der Waals surface area contributed by atoms with E-state index in [2.05, 4.69) is 10.0 Å². The van der Waals surface area contributed by atoms with Crippen LogP contribution in [0.1, 0.15) is 50.6 Å². The van der Waals surface area contributed by atoms with Gasteiger partial charge in [0.25, 0.3) is 0 Å². The number of amides is 2. The molecule has 1 heterocycles. The number of carbonyl (C=O) groups is 2. The van der Waals surface area contributed by atoms with Gasteiger partial charge in [-0.05, 0) is 56.2 Å². The predicted molar refractivity (Wildman–Crippen MR) is 110 cm³/mol. The van der Waals surface area contributed by atoms with E-state index in [1.807, 2.05) is 24.3 Å². The number of hydrogen-bond acceptors (Lipinski definition) is 5. The lowest BCUT2D eigenvalue weighted by Crippen LogP contribution is -2.40. The number of nitrogens with one attached hydrogen (secondary N) is 2. The van der Waals surface area contributed by atoms with E-state index >= 15 is 0 Å². The molecule has 0 bridgehead atoms. The number of rotatable bonds is 10. The molecule has 1 unspecified atom stereocenters. The molecule has 1 aliphatic heterocycles. The van der Waals surface area contributed by atoms with Gasteiger partial charge in [0.15, 0.2) is 0 Å². The predicted octanol–water partition coefficient (Wildman–Crippen LogP) is 2.45. The molecule has 0 spiro atoms. The molecule has 2 fully saturated rings. The third kappa shape index (κ3) is 6.97. The SMILES string of the molecule is C[C@@H](NS(=O)(=O)C/C=C/CC1CCC(=O)NC1=O)c1cccc(OCC2CC2)c1. The van der Waals surface area contributed by atoms with Crippen molar-refractivity contribution in [2.24, 2.45) is 11.8 Å². The van der Waals surface area contributed by atoms with E-state index in [1.165, 1.54) is 12.8 Å². The summed E-state index contributed by atoms with van der Waals surface area (Å²) in [4.78, 5) is 22.9. The van der Waals surface area contributed by atoms with E-state index in [9.17, 15) is 18.0 Å². The van der Waals surface area contributed by atoms with Crippen molar-refractivity contribution in [1.29, 1.82) is 0 Å². The number of piperidine rings is 1. The van der Waals surface area contributed by atoms with Gasteiger partial charge in [0, 0.05) is 18.4 Å². The standard InChI is InChI=1S/C21H28N2O5S/c1-15(18-6-4-7-19(13-18)28-14-16-8-9-16)23-29(26,27)12-3-2-5-17-10-11-20(24)22-21(17)25/h2-4,6-7,13,15-17,23H,5,8-12,14H2,1H3,(H,22,24,25)/b3-2+/t15-,17?/m1/s1. The average molecular weight is 421 g/mol. The summed E-state index contributed by atoms with van der Waals surface area (Å²) >= 11 is 0. The van der Waals surface area contributed by atoms with Gasteiger partial charge < -0.3 is 4.74 Å². The van der Waals surface area contributed by atoms with Gasteiger partial charge in [0.2, 0.25) is 21.8 Å². The number of carbonyl (C=O) groups excluding carboxylic acids is 2. The lowest BCUT2D eigenvalue weighted by molar-refractivity contribution is -0.136. The second kappa shape index (κ2) is 9.54. The molecule has 158 valence electrons. The molecule has 3 rings (SSSR count). The Bertz CT molecular complexity index is 877. The highest BCUT2D eigenvalue weighted by Crippen LogP contribution is 2.30. The molecule has 2 aliphatic rings. The first-order chi connectivity index (χ1) is 13.8. The minimum atomic E-state index is -3.52. The van der Waals surface area contributed by atoms with Crippen LogP contribution in [0.25, 0.3) is 0 Å². The van der Waals surface area contributed by atoms with Crippen molar-refractivity contribution in [1.82, 2.24) is 10.0 Å². The molecule has 1 saturated heterocycles. The smallest absolute Gasteiger partial charge is 0.229 e. The van der Waals surface area contributed by atoms with Crippen LogP contribution in [0.15, 0.2) is 36.4 Å². The zero-order chi connectivity index (χ0) is 20.9. The van der Waals surface area contributed by atoms with Crippen molar-refractivity contribution in [3.63, 3.8) is 0 Å². The van der Waals surface area contributed by atoms with Gasteiger partial charge >= 0.3 is 0 Å². The van der Waals surface area contributed by atoms with Gasteiger partial charge in [-0.1, -0.05) is 24.3 Å². The van der Waals surface area contributed by atoms with Crippen LogP contribution in [0.5, 0.6) is 5.75 Å². The van der Waals surface area contributed by atoms with E-state index in [0.29, 0.717) is 31.8 Å². The van der Waals surface area contributed by atoms with E-state index in [-0.39, 0.29) is 29.5 Å². The Balaban J connectivity index is 1.47. The Morgan fingerprint density at radius 1 is 1.24 bits per heavy atom. The highest BCUT2D eigenvalue weighted by molar-refractivity contribution is 7.89. The third-order valence-corrected chi connectivity index (χ3v) is 6.50. The molecule has 2 atom stereocenters. The van der Waals surface area contributed by atoms with Crippen LogP contribution >= 0.6 is 0 Å². The molecule has 1 aliphatic carbocycles. The van der Waals surface area contributed by atoms with Crippen LogP contribution in [0.3, 0.4) is 0 Å². The summed E-state index contributed by atoms with van der Waals surface area (Å²) in [6.07, 6.45) is 6.91. The lowest BCUT2D eigenvalue weighted by Gasteiger charge is -2.19. The van der Waals surface area contributed by atoms with Crippen molar-refractivity contribution in [2.75, 3.05) is 12.4 Å². The first kappa shape index (κ1) is 21.5. The molecular formula is C21H28N2O5S. The molecular weight excluding hydrogens is 392 g/mol. The zero-order valence-corrected chi connectivity index (χ0v) is 17.4. The van der Waals surface area contributed by atoms with Crippen LogP contribution in [-0.4, -0.2) is 32.6 Å². The molecule has 8 heteroatoms. The van der Waals surface area contributed by atoms with Gasteiger partial charge in [-0.2, -0.15) is 0 Å². The average Bonchev–Trinajstić information content (AvgIpc) is 3.49. The van der Waals surface area contributed by atoms with Crippen LogP contribution in [0, 0.1) is 11.8 Å². The molecule has 0 aromatic heterocycles. The molecule has 1 aromatic rings. The number of sulfonamides is 1. The number of hydrogen-bond donors (Lipinski definition) is 2. The first-order valence-electron chi connectivity index (χ1n) is 10.0. The quantitative estimate of drug-likeness (QED) is 0.447. The van der Waals surface area contributed by atoms with Gasteiger partial charge in [-0.3, -0.25) is 14.9 Å². The Kier molecular flexibility index (Phi) is 7.08. The molecule has 2 N–H and O–H groups in total. The Morgan fingerprint density at radius 3 is 2.76 bits per heavy atom. The molecule has 29 heavy (non-hydrogen) atoms. The normalized spacial score (nSPS) is 21.2. The maximum absolute atomic E-state index is 12.4. The topological polar surface area (TPSA) is 102 Å². The van der Waals surface area contributed by atoms with Gasteiger partial charge in [0.1, 0.15) is 5.75 Å². The number of imide groups is 1. The van der Waals surface area contributed by atoms with Crippen LogP contribution < -0.4 is 14.8 Å². The summed E-state index contributed by atoms with van der Waals surface area (Å²) in [5.41, 5.74) is 0.842. The van der Waals surface area contributed by atoms with E-state index in [4.69, 9.17) is 4.74 Å². The zero-order valence-electron chi connectivity index (χ0n) is 16.6. The van der Waals surface area contributed by atoms with Gasteiger partial charge in [-0.15, -0.1) is 0 Å². The van der Waals surface area contributed by atoms with Crippen LogP contribution in [-0.2, 0) is 19.6 Å². The fraction of sp³-hybridized carbons (Fsp3) is 0.524. The summed E-state index contributed by atoms with van der Waals surface area (Å²) in [5, 5.41) is 2.30. The highest BCUT2D eigenvalue weighted by atomic mass is 32.2. The monoisotopic (exact) mass is 420 g/mol. The third-order valence-electron chi connectivity index (χ3n) is 5.15.